The van der Waals surface area contributed by atoms with Gasteiger partial charge in [0.25, 0.3) is 5.91 Å². The maximum absolute atomic E-state index is 13.8. The van der Waals surface area contributed by atoms with Crippen LogP contribution in [0.2, 0.25) is 0 Å². The minimum absolute atomic E-state index is 0.0266. The van der Waals surface area contributed by atoms with E-state index < -0.39 is 23.5 Å². The summed E-state index contributed by atoms with van der Waals surface area (Å²) in [6.45, 7) is 1.53. The van der Waals surface area contributed by atoms with E-state index in [9.17, 15) is 19.5 Å². The van der Waals surface area contributed by atoms with E-state index in [0.29, 0.717) is 19.5 Å². The van der Waals surface area contributed by atoms with Gasteiger partial charge in [-0.15, -0.1) is 0 Å². The molecule has 2 aliphatic rings. The fourth-order valence-corrected chi connectivity index (χ4v) is 6.06. The number of anilines is 1. The topological polar surface area (TPSA) is 108 Å². The van der Waals surface area contributed by atoms with E-state index >= 15 is 0 Å². The highest BCUT2D eigenvalue weighted by molar-refractivity contribution is 6.05. The van der Waals surface area contributed by atoms with Crippen molar-refractivity contribution in [2.24, 2.45) is 0 Å². The van der Waals surface area contributed by atoms with Gasteiger partial charge in [0.15, 0.2) is 0 Å². The second-order valence-electron chi connectivity index (χ2n) is 10.8. The Morgan fingerprint density at radius 1 is 0.833 bits per heavy atom. The average molecular weight is 562 g/mol. The number of rotatable bonds is 8. The fourth-order valence-electron chi connectivity index (χ4n) is 6.06. The molecule has 42 heavy (non-hydrogen) atoms. The van der Waals surface area contributed by atoms with Crippen molar-refractivity contribution in [3.8, 4) is 11.1 Å². The summed E-state index contributed by atoms with van der Waals surface area (Å²) in [4.78, 5) is 41.1. The van der Waals surface area contributed by atoms with Crippen LogP contribution < -0.4 is 10.6 Å². The molecule has 1 aliphatic carbocycles. The van der Waals surface area contributed by atoms with Crippen molar-refractivity contribution in [2.45, 2.75) is 24.4 Å². The van der Waals surface area contributed by atoms with Crippen LogP contribution in [0.25, 0.3) is 11.1 Å². The molecular formula is C34H31N3O5. The molecule has 1 fully saturated rings. The number of fused-ring (bicyclic) bond motifs is 3. The Hall–Kier alpha value is -4.95. The zero-order valence-corrected chi connectivity index (χ0v) is 23.0. The van der Waals surface area contributed by atoms with Gasteiger partial charge >= 0.3 is 12.1 Å². The third-order valence-corrected chi connectivity index (χ3v) is 8.12. The van der Waals surface area contributed by atoms with Gasteiger partial charge in [-0.2, -0.15) is 0 Å². The number of alkyl carbamates (subject to hydrolysis) is 1. The number of carbonyl (C=O) groups is 3. The molecule has 0 bridgehead atoms. The summed E-state index contributed by atoms with van der Waals surface area (Å²) in [5.41, 5.74) is 4.36. The van der Waals surface area contributed by atoms with Gasteiger partial charge in [0.1, 0.15) is 12.1 Å². The Kier molecular flexibility index (Phi) is 7.46. The van der Waals surface area contributed by atoms with Crippen LogP contribution in [-0.2, 0) is 16.1 Å². The zero-order chi connectivity index (χ0) is 29.1. The maximum atomic E-state index is 13.8. The number of likely N-dealkylation sites (tertiary alicyclic amines) is 1. The molecule has 0 spiro atoms. The normalized spacial score (nSPS) is 17.7. The largest absolute Gasteiger partial charge is 0.478 e. The van der Waals surface area contributed by atoms with Crippen molar-refractivity contribution in [1.29, 1.82) is 0 Å². The molecule has 4 aromatic carbocycles. The molecule has 0 aromatic heterocycles. The first-order valence-corrected chi connectivity index (χ1v) is 14.0. The zero-order valence-electron chi connectivity index (χ0n) is 23.0. The lowest BCUT2D eigenvalue weighted by Crippen LogP contribution is -2.58. The minimum atomic E-state index is -1.32. The van der Waals surface area contributed by atoms with E-state index in [-0.39, 0.29) is 30.3 Å². The van der Waals surface area contributed by atoms with Crippen molar-refractivity contribution < 1.29 is 24.2 Å². The summed E-state index contributed by atoms with van der Waals surface area (Å²) in [5.74, 6) is -1.75. The van der Waals surface area contributed by atoms with Crippen LogP contribution in [0.1, 0.15) is 39.4 Å². The van der Waals surface area contributed by atoms with Gasteiger partial charge < -0.3 is 20.5 Å². The lowest BCUT2D eigenvalue weighted by molar-refractivity contribution is -0.121. The molecule has 1 unspecified atom stereocenters. The van der Waals surface area contributed by atoms with Gasteiger partial charge in [0, 0.05) is 25.6 Å². The SMILES string of the molecule is O=C(NC1(C(=O)Nc2ccccc2C(=O)O)CCN(Cc2ccccc2)C1)OCC1c2ccccc2-c2ccccc21. The standard InChI is InChI=1S/C34H31N3O5/c38-31(39)28-16-8-9-17-30(28)35-32(40)34(18-19-37(22-34)20-23-10-2-1-3-11-23)36-33(41)42-21-29-26-14-6-4-12-24(26)25-13-5-7-15-27(25)29/h1-17,29H,18-22H2,(H,35,40)(H,36,41)(H,38,39). The number of aromatic carboxylic acids is 1. The van der Waals surface area contributed by atoms with Crippen molar-refractivity contribution >= 4 is 23.7 Å². The van der Waals surface area contributed by atoms with Crippen molar-refractivity contribution in [2.75, 3.05) is 25.0 Å². The van der Waals surface area contributed by atoms with E-state index in [2.05, 4.69) is 39.8 Å². The summed E-state index contributed by atoms with van der Waals surface area (Å²) >= 11 is 0. The quantitative estimate of drug-likeness (QED) is 0.262. The monoisotopic (exact) mass is 561 g/mol. The number of ether oxygens (including phenoxy) is 1. The van der Waals surface area contributed by atoms with Gasteiger partial charge in [-0.25, -0.2) is 9.59 Å². The summed E-state index contributed by atoms with van der Waals surface area (Å²) in [6.07, 6.45) is -0.356. The van der Waals surface area contributed by atoms with Crippen molar-refractivity contribution in [1.82, 2.24) is 10.2 Å². The Labute approximate surface area is 243 Å². The molecule has 2 amide bonds. The summed E-state index contributed by atoms with van der Waals surface area (Å²) in [7, 11) is 0. The van der Waals surface area contributed by atoms with Crippen LogP contribution >= 0.6 is 0 Å². The molecule has 1 heterocycles. The van der Waals surface area contributed by atoms with E-state index in [1.54, 1.807) is 18.2 Å². The first-order valence-electron chi connectivity index (χ1n) is 14.0. The first-order chi connectivity index (χ1) is 20.4. The molecule has 1 aliphatic heterocycles. The van der Waals surface area contributed by atoms with Crippen molar-refractivity contribution in [3.05, 3.63) is 125 Å². The number of hydrogen-bond acceptors (Lipinski definition) is 5. The highest BCUT2D eigenvalue weighted by atomic mass is 16.5. The number of amides is 2. The number of para-hydroxylation sites is 1. The molecule has 8 heteroatoms. The molecular weight excluding hydrogens is 530 g/mol. The number of nitrogens with one attached hydrogen (secondary N) is 2. The molecule has 4 aromatic rings. The minimum Gasteiger partial charge on any atom is -0.478 e. The number of carbonyl (C=O) groups excluding carboxylic acids is 2. The van der Waals surface area contributed by atoms with Crippen LogP contribution in [0.5, 0.6) is 0 Å². The summed E-state index contributed by atoms with van der Waals surface area (Å²) < 4.78 is 5.80. The highest BCUT2D eigenvalue weighted by Crippen LogP contribution is 2.44. The van der Waals surface area contributed by atoms with Crippen LogP contribution in [0.4, 0.5) is 10.5 Å². The van der Waals surface area contributed by atoms with E-state index in [1.165, 1.54) is 6.07 Å². The van der Waals surface area contributed by atoms with Gasteiger partial charge in [0.2, 0.25) is 0 Å². The Bertz CT molecular complexity index is 1590. The second-order valence-corrected chi connectivity index (χ2v) is 10.8. The van der Waals surface area contributed by atoms with Gasteiger partial charge in [0.05, 0.1) is 11.3 Å². The first kappa shape index (κ1) is 27.2. The summed E-state index contributed by atoms with van der Waals surface area (Å²) in [5, 5.41) is 15.3. The Morgan fingerprint density at radius 3 is 2.14 bits per heavy atom. The lowest BCUT2D eigenvalue weighted by atomic mass is 9.96. The van der Waals surface area contributed by atoms with Crippen LogP contribution in [0.3, 0.4) is 0 Å². The molecule has 0 radical (unpaired) electrons. The molecule has 3 N–H and O–H groups in total. The number of hydrogen-bond donors (Lipinski definition) is 3. The predicted molar refractivity (Wildman–Crippen MR) is 159 cm³/mol. The fraction of sp³-hybridized carbons (Fsp3) is 0.206. The third-order valence-electron chi connectivity index (χ3n) is 8.12. The van der Waals surface area contributed by atoms with E-state index in [1.807, 2.05) is 54.6 Å². The smallest absolute Gasteiger partial charge is 0.408 e. The molecule has 1 saturated heterocycles. The number of carboxylic acids is 1. The van der Waals surface area contributed by atoms with Gasteiger partial charge in [-0.05, 0) is 46.4 Å². The van der Waals surface area contributed by atoms with Crippen molar-refractivity contribution in [3.63, 3.8) is 0 Å². The number of nitrogens with zero attached hydrogens (tertiary/aromatic N) is 1. The Morgan fingerprint density at radius 2 is 1.45 bits per heavy atom. The number of carboxylic acid groups (broad SMARTS) is 1. The van der Waals surface area contributed by atoms with Crippen LogP contribution in [0, 0.1) is 0 Å². The Balaban J connectivity index is 1.21. The lowest BCUT2D eigenvalue weighted by Gasteiger charge is -2.29. The third kappa shape index (κ3) is 5.36. The van der Waals surface area contributed by atoms with E-state index in [0.717, 1.165) is 27.8 Å². The predicted octanol–water partition coefficient (Wildman–Crippen LogP) is 5.51. The molecule has 6 rings (SSSR count). The highest BCUT2D eigenvalue weighted by Gasteiger charge is 2.46. The second kappa shape index (κ2) is 11.5. The molecule has 0 saturated carbocycles. The van der Waals surface area contributed by atoms with Gasteiger partial charge in [-0.3, -0.25) is 9.69 Å². The number of benzene rings is 4. The molecule has 1 atom stereocenters. The molecule has 212 valence electrons. The average Bonchev–Trinajstić information content (AvgIpc) is 3.56. The molecule has 8 nitrogen and oxygen atoms in total. The summed E-state index contributed by atoms with van der Waals surface area (Å²) in [6, 6.07) is 32.3. The maximum Gasteiger partial charge on any atom is 0.408 e. The van der Waals surface area contributed by atoms with Crippen LogP contribution in [-0.4, -0.2) is 53.2 Å². The van der Waals surface area contributed by atoms with E-state index in [4.69, 9.17) is 4.74 Å². The van der Waals surface area contributed by atoms with Gasteiger partial charge in [-0.1, -0.05) is 91.0 Å². The van der Waals surface area contributed by atoms with Crippen LogP contribution in [0.15, 0.2) is 103 Å².